The van der Waals surface area contributed by atoms with E-state index in [9.17, 15) is 4.79 Å². The van der Waals surface area contributed by atoms with E-state index >= 15 is 0 Å². The molecule has 4 heteroatoms. The zero-order valence-corrected chi connectivity index (χ0v) is 11.4. The summed E-state index contributed by atoms with van der Waals surface area (Å²) in [5.41, 5.74) is 6.76. The highest BCUT2D eigenvalue weighted by atomic mass is 35.5. The zero-order valence-electron chi connectivity index (χ0n) is 10.5. The van der Waals surface area contributed by atoms with Crippen molar-refractivity contribution in [3.63, 3.8) is 0 Å². The van der Waals surface area contributed by atoms with E-state index in [2.05, 4.69) is 24.3 Å². The minimum Gasteiger partial charge on any atom is -0.339 e. The molecular formula is C14H21ClN2O. The van der Waals surface area contributed by atoms with Crippen molar-refractivity contribution in [3.05, 3.63) is 35.9 Å². The summed E-state index contributed by atoms with van der Waals surface area (Å²) >= 11 is 0. The van der Waals surface area contributed by atoms with Gasteiger partial charge in [0.15, 0.2) is 0 Å². The SMILES string of the molecule is Cl.NCCC(=O)N1CCCC1Cc1ccccc1. The number of likely N-dealkylation sites (tertiary alicyclic amines) is 1. The first kappa shape index (κ1) is 15.0. The zero-order chi connectivity index (χ0) is 12.1. The van der Waals surface area contributed by atoms with E-state index in [-0.39, 0.29) is 18.3 Å². The van der Waals surface area contributed by atoms with Crippen LogP contribution >= 0.6 is 12.4 Å². The summed E-state index contributed by atoms with van der Waals surface area (Å²) < 4.78 is 0. The minimum absolute atomic E-state index is 0. The molecule has 1 heterocycles. The molecule has 1 aromatic carbocycles. The molecule has 1 aliphatic heterocycles. The van der Waals surface area contributed by atoms with Crippen molar-refractivity contribution in [3.8, 4) is 0 Å². The summed E-state index contributed by atoms with van der Waals surface area (Å²) in [6.45, 7) is 1.35. The van der Waals surface area contributed by atoms with Crippen LogP contribution in [0.4, 0.5) is 0 Å². The topological polar surface area (TPSA) is 46.3 Å². The van der Waals surface area contributed by atoms with Crippen LogP contribution in [0.25, 0.3) is 0 Å². The molecule has 2 rings (SSSR count). The Morgan fingerprint density at radius 2 is 2.06 bits per heavy atom. The maximum absolute atomic E-state index is 11.9. The Labute approximate surface area is 115 Å². The quantitative estimate of drug-likeness (QED) is 0.908. The van der Waals surface area contributed by atoms with E-state index in [1.54, 1.807) is 0 Å². The lowest BCUT2D eigenvalue weighted by Crippen LogP contribution is -2.37. The van der Waals surface area contributed by atoms with Crippen LogP contribution in [0.1, 0.15) is 24.8 Å². The first-order valence-corrected chi connectivity index (χ1v) is 6.34. The van der Waals surface area contributed by atoms with Gasteiger partial charge in [0, 0.05) is 25.6 Å². The highest BCUT2D eigenvalue weighted by molar-refractivity contribution is 5.85. The predicted molar refractivity (Wildman–Crippen MR) is 75.8 cm³/mol. The Bertz CT molecular complexity index is 369. The van der Waals surface area contributed by atoms with Crippen LogP contribution in [0.3, 0.4) is 0 Å². The van der Waals surface area contributed by atoms with E-state index in [1.807, 2.05) is 11.0 Å². The Hall–Kier alpha value is -1.06. The third-order valence-corrected chi connectivity index (χ3v) is 3.37. The smallest absolute Gasteiger partial charge is 0.224 e. The highest BCUT2D eigenvalue weighted by Crippen LogP contribution is 2.21. The van der Waals surface area contributed by atoms with Gasteiger partial charge in [0.1, 0.15) is 0 Å². The Morgan fingerprint density at radius 3 is 2.72 bits per heavy atom. The first-order chi connectivity index (χ1) is 8.31. The fourth-order valence-electron chi connectivity index (χ4n) is 2.53. The van der Waals surface area contributed by atoms with Gasteiger partial charge in [0.05, 0.1) is 0 Å². The van der Waals surface area contributed by atoms with Crippen LogP contribution in [-0.2, 0) is 11.2 Å². The number of halogens is 1. The molecular weight excluding hydrogens is 248 g/mol. The number of hydrogen-bond donors (Lipinski definition) is 1. The van der Waals surface area contributed by atoms with Gasteiger partial charge < -0.3 is 10.6 Å². The van der Waals surface area contributed by atoms with Crippen molar-refractivity contribution < 1.29 is 4.79 Å². The van der Waals surface area contributed by atoms with Crippen molar-refractivity contribution in [2.24, 2.45) is 5.73 Å². The van der Waals surface area contributed by atoms with Gasteiger partial charge in [-0.3, -0.25) is 4.79 Å². The third-order valence-electron chi connectivity index (χ3n) is 3.37. The number of hydrogen-bond acceptors (Lipinski definition) is 2. The molecule has 0 radical (unpaired) electrons. The molecule has 100 valence electrons. The minimum atomic E-state index is 0. The Kier molecular flexibility index (Phi) is 6.16. The van der Waals surface area contributed by atoms with E-state index < -0.39 is 0 Å². The maximum Gasteiger partial charge on any atom is 0.224 e. The van der Waals surface area contributed by atoms with Gasteiger partial charge in [-0.15, -0.1) is 12.4 Å². The summed E-state index contributed by atoms with van der Waals surface area (Å²) in [4.78, 5) is 13.9. The van der Waals surface area contributed by atoms with Crippen molar-refractivity contribution >= 4 is 18.3 Å². The number of rotatable bonds is 4. The molecule has 1 aliphatic rings. The molecule has 3 nitrogen and oxygen atoms in total. The average Bonchev–Trinajstić information content (AvgIpc) is 2.79. The van der Waals surface area contributed by atoms with Crippen LogP contribution in [-0.4, -0.2) is 29.9 Å². The molecule has 18 heavy (non-hydrogen) atoms. The number of benzene rings is 1. The van der Waals surface area contributed by atoms with Crippen LogP contribution in [0.5, 0.6) is 0 Å². The molecule has 0 bridgehead atoms. The molecule has 0 aromatic heterocycles. The molecule has 1 unspecified atom stereocenters. The second-order valence-corrected chi connectivity index (χ2v) is 4.61. The summed E-state index contributed by atoms with van der Waals surface area (Å²) in [6, 6.07) is 10.8. The molecule has 1 amide bonds. The third kappa shape index (κ3) is 3.72. The predicted octanol–water partition coefficient (Wildman–Crippen LogP) is 1.99. The number of carbonyl (C=O) groups is 1. The van der Waals surface area contributed by atoms with Crippen molar-refractivity contribution in [1.29, 1.82) is 0 Å². The number of nitrogens with two attached hydrogens (primary N) is 1. The van der Waals surface area contributed by atoms with Gasteiger partial charge in [-0.1, -0.05) is 30.3 Å². The van der Waals surface area contributed by atoms with E-state index in [0.717, 1.165) is 25.8 Å². The molecule has 0 saturated carbocycles. The van der Waals surface area contributed by atoms with Gasteiger partial charge in [-0.25, -0.2) is 0 Å². The maximum atomic E-state index is 11.9. The summed E-state index contributed by atoms with van der Waals surface area (Å²) in [5.74, 6) is 0.214. The molecule has 2 N–H and O–H groups in total. The second-order valence-electron chi connectivity index (χ2n) is 4.61. The lowest BCUT2D eigenvalue weighted by atomic mass is 10.0. The first-order valence-electron chi connectivity index (χ1n) is 6.34. The number of amides is 1. The van der Waals surface area contributed by atoms with E-state index in [1.165, 1.54) is 5.56 Å². The number of nitrogens with zero attached hydrogens (tertiary/aromatic N) is 1. The molecule has 1 atom stereocenters. The van der Waals surface area contributed by atoms with Gasteiger partial charge in [0.25, 0.3) is 0 Å². The second kappa shape index (κ2) is 7.39. The lowest BCUT2D eigenvalue weighted by Gasteiger charge is -2.24. The fourth-order valence-corrected chi connectivity index (χ4v) is 2.53. The molecule has 1 saturated heterocycles. The van der Waals surface area contributed by atoms with Crippen LogP contribution in [0.2, 0.25) is 0 Å². The van der Waals surface area contributed by atoms with Gasteiger partial charge in [-0.05, 0) is 24.8 Å². The highest BCUT2D eigenvalue weighted by Gasteiger charge is 2.27. The molecule has 1 fully saturated rings. The fraction of sp³-hybridized carbons (Fsp3) is 0.500. The van der Waals surface area contributed by atoms with Crippen molar-refractivity contribution in [2.45, 2.75) is 31.7 Å². The van der Waals surface area contributed by atoms with E-state index in [4.69, 9.17) is 5.73 Å². The van der Waals surface area contributed by atoms with Gasteiger partial charge in [-0.2, -0.15) is 0 Å². The average molecular weight is 269 g/mol. The van der Waals surface area contributed by atoms with Crippen LogP contribution in [0.15, 0.2) is 30.3 Å². The summed E-state index contributed by atoms with van der Waals surface area (Å²) in [5, 5.41) is 0. The standard InChI is InChI=1S/C14H20N2O.ClH/c15-9-8-14(17)16-10-4-7-13(16)11-12-5-2-1-3-6-12;/h1-3,5-6,13H,4,7-11,15H2;1H. The largest absolute Gasteiger partial charge is 0.339 e. The number of carbonyl (C=O) groups excluding carboxylic acids is 1. The summed E-state index contributed by atoms with van der Waals surface area (Å²) in [7, 11) is 0. The molecule has 1 aromatic rings. The Balaban J connectivity index is 0.00000162. The van der Waals surface area contributed by atoms with Gasteiger partial charge in [0.2, 0.25) is 5.91 Å². The molecule has 0 aliphatic carbocycles. The van der Waals surface area contributed by atoms with Crippen molar-refractivity contribution in [2.75, 3.05) is 13.1 Å². The monoisotopic (exact) mass is 268 g/mol. The normalized spacial score (nSPS) is 18.5. The molecule has 0 spiro atoms. The van der Waals surface area contributed by atoms with Crippen LogP contribution < -0.4 is 5.73 Å². The van der Waals surface area contributed by atoms with E-state index in [0.29, 0.717) is 19.0 Å². The summed E-state index contributed by atoms with van der Waals surface area (Å²) in [6.07, 6.45) is 3.68. The van der Waals surface area contributed by atoms with Crippen LogP contribution in [0, 0.1) is 0 Å². The van der Waals surface area contributed by atoms with Crippen molar-refractivity contribution in [1.82, 2.24) is 4.90 Å². The van der Waals surface area contributed by atoms with Gasteiger partial charge >= 0.3 is 0 Å². The Morgan fingerprint density at radius 1 is 1.33 bits per heavy atom. The lowest BCUT2D eigenvalue weighted by molar-refractivity contribution is -0.131.